The van der Waals surface area contributed by atoms with Gasteiger partial charge in [0.2, 0.25) is 5.91 Å². The molecule has 0 radical (unpaired) electrons. The van der Waals surface area contributed by atoms with Crippen molar-refractivity contribution in [2.45, 2.75) is 19.4 Å². The maximum atomic E-state index is 13.3. The molecule has 6 nitrogen and oxygen atoms in total. The van der Waals surface area contributed by atoms with Gasteiger partial charge in [-0.15, -0.1) is 0 Å². The van der Waals surface area contributed by atoms with E-state index in [2.05, 4.69) is 10.4 Å². The lowest BCUT2D eigenvalue weighted by Gasteiger charge is -2.15. The highest BCUT2D eigenvalue weighted by Crippen LogP contribution is 2.21. The number of carbonyl (C=O) groups is 2. The Labute approximate surface area is 132 Å². The summed E-state index contributed by atoms with van der Waals surface area (Å²) >= 11 is 0. The molecule has 1 unspecified atom stereocenters. The van der Waals surface area contributed by atoms with Crippen molar-refractivity contribution < 1.29 is 14.0 Å². The van der Waals surface area contributed by atoms with Crippen molar-refractivity contribution in [1.29, 1.82) is 0 Å². The summed E-state index contributed by atoms with van der Waals surface area (Å²) in [5, 5.41) is 6.77. The van der Waals surface area contributed by atoms with Crippen LogP contribution in [0.2, 0.25) is 0 Å². The number of carbonyl (C=O) groups excluding carboxylic acids is 2. The van der Waals surface area contributed by atoms with Crippen LogP contribution in [-0.2, 0) is 11.8 Å². The van der Waals surface area contributed by atoms with E-state index in [1.165, 1.54) is 18.2 Å². The standard InChI is InChI=1S/C16H17FN4O2/c1-10-7-11(3-4-13(10)17)15(22)19-14-5-6-21(16(14)23)12-8-18-20(2)9-12/h3-4,7-9,14H,5-6H2,1-2H3,(H,19,22). The highest BCUT2D eigenvalue weighted by molar-refractivity contribution is 6.03. The number of amides is 2. The predicted octanol–water partition coefficient (Wildman–Crippen LogP) is 1.40. The maximum absolute atomic E-state index is 13.3. The Balaban J connectivity index is 1.70. The molecule has 1 fully saturated rings. The van der Waals surface area contributed by atoms with Crippen molar-refractivity contribution >= 4 is 17.5 Å². The Morgan fingerprint density at radius 3 is 2.87 bits per heavy atom. The lowest BCUT2D eigenvalue weighted by atomic mass is 10.1. The number of anilines is 1. The van der Waals surface area contributed by atoms with Crippen molar-refractivity contribution in [3.63, 3.8) is 0 Å². The Morgan fingerprint density at radius 2 is 2.22 bits per heavy atom. The third-order valence-electron chi connectivity index (χ3n) is 3.93. The van der Waals surface area contributed by atoms with E-state index in [0.29, 0.717) is 29.8 Å². The van der Waals surface area contributed by atoms with E-state index in [1.54, 1.807) is 35.9 Å². The van der Waals surface area contributed by atoms with Crippen LogP contribution in [-0.4, -0.2) is 34.2 Å². The molecule has 2 amide bonds. The SMILES string of the molecule is Cc1cc(C(=O)NC2CCN(c3cnn(C)c3)C2=O)ccc1F. The van der Waals surface area contributed by atoms with Crippen molar-refractivity contribution in [3.05, 3.63) is 47.5 Å². The summed E-state index contributed by atoms with van der Waals surface area (Å²) in [5.41, 5.74) is 1.45. The zero-order chi connectivity index (χ0) is 16.6. The van der Waals surface area contributed by atoms with Crippen LogP contribution in [0.3, 0.4) is 0 Å². The van der Waals surface area contributed by atoms with Crippen molar-refractivity contribution in [1.82, 2.24) is 15.1 Å². The molecule has 1 aromatic heterocycles. The quantitative estimate of drug-likeness (QED) is 0.931. The van der Waals surface area contributed by atoms with E-state index in [9.17, 15) is 14.0 Å². The summed E-state index contributed by atoms with van der Waals surface area (Å²) in [5.74, 6) is -0.897. The minimum atomic E-state index is -0.576. The number of nitrogens with zero attached hydrogens (tertiary/aromatic N) is 3. The van der Waals surface area contributed by atoms with Crippen LogP contribution in [0.4, 0.5) is 10.1 Å². The van der Waals surface area contributed by atoms with Crippen LogP contribution in [0, 0.1) is 12.7 Å². The second-order valence-electron chi connectivity index (χ2n) is 5.64. The second-order valence-corrected chi connectivity index (χ2v) is 5.64. The smallest absolute Gasteiger partial charge is 0.251 e. The topological polar surface area (TPSA) is 67.2 Å². The number of aryl methyl sites for hydroxylation is 2. The minimum Gasteiger partial charge on any atom is -0.340 e. The number of hydrogen-bond acceptors (Lipinski definition) is 3. The molecule has 7 heteroatoms. The zero-order valence-corrected chi connectivity index (χ0v) is 12.9. The van der Waals surface area contributed by atoms with Crippen molar-refractivity contribution in [3.8, 4) is 0 Å². The van der Waals surface area contributed by atoms with E-state index < -0.39 is 6.04 Å². The maximum Gasteiger partial charge on any atom is 0.251 e. The average Bonchev–Trinajstić information content (AvgIpc) is 3.09. The Morgan fingerprint density at radius 1 is 1.43 bits per heavy atom. The molecule has 1 aromatic carbocycles. The monoisotopic (exact) mass is 316 g/mol. The molecule has 1 atom stereocenters. The summed E-state index contributed by atoms with van der Waals surface area (Å²) < 4.78 is 14.9. The van der Waals surface area contributed by atoms with Crippen LogP contribution < -0.4 is 10.2 Å². The van der Waals surface area contributed by atoms with Crippen LogP contribution >= 0.6 is 0 Å². The van der Waals surface area contributed by atoms with E-state index in [0.717, 1.165) is 0 Å². The average molecular weight is 316 g/mol. The van der Waals surface area contributed by atoms with E-state index in [-0.39, 0.29) is 17.6 Å². The summed E-state index contributed by atoms with van der Waals surface area (Å²) in [6.07, 6.45) is 3.90. The van der Waals surface area contributed by atoms with E-state index in [4.69, 9.17) is 0 Å². The number of halogens is 1. The third-order valence-corrected chi connectivity index (χ3v) is 3.93. The van der Waals surface area contributed by atoms with E-state index >= 15 is 0 Å². The van der Waals surface area contributed by atoms with Crippen LogP contribution in [0.5, 0.6) is 0 Å². The van der Waals surface area contributed by atoms with Crippen molar-refractivity contribution in [2.75, 3.05) is 11.4 Å². The van der Waals surface area contributed by atoms with Gasteiger partial charge in [0.25, 0.3) is 5.91 Å². The Bertz CT molecular complexity index is 771. The second kappa shape index (κ2) is 5.83. The number of nitrogens with one attached hydrogen (secondary N) is 1. The Hall–Kier alpha value is -2.70. The highest BCUT2D eigenvalue weighted by atomic mass is 19.1. The zero-order valence-electron chi connectivity index (χ0n) is 12.9. The molecule has 0 aliphatic carbocycles. The molecule has 3 rings (SSSR count). The lowest BCUT2D eigenvalue weighted by molar-refractivity contribution is -0.118. The van der Waals surface area contributed by atoms with Gasteiger partial charge in [0.05, 0.1) is 11.9 Å². The fourth-order valence-corrected chi connectivity index (χ4v) is 2.65. The van der Waals surface area contributed by atoms with Gasteiger partial charge in [-0.25, -0.2) is 4.39 Å². The van der Waals surface area contributed by atoms with Gasteiger partial charge in [0, 0.05) is 25.4 Å². The number of hydrogen-bond donors (Lipinski definition) is 1. The normalized spacial score (nSPS) is 17.6. The molecule has 1 N–H and O–H groups in total. The van der Waals surface area contributed by atoms with Crippen LogP contribution in [0.1, 0.15) is 22.3 Å². The van der Waals surface area contributed by atoms with Crippen LogP contribution in [0.25, 0.3) is 0 Å². The molecule has 2 aromatic rings. The molecule has 1 aliphatic rings. The molecule has 0 saturated carbocycles. The first-order chi connectivity index (χ1) is 11.0. The summed E-state index contributed by atoms with van der Waals surface area (Å²) in [4.78, 5) is 26.3. The molecular weight excluding hydrogens is 299 g/mol. The largest absolute Gasteiger partial charge is 0.340 e. The van der Waals surface area contributed by atoms with Gasteiger partial charge in [-0.1, -0.05) is 0 Å². The van der Waals surface area contributed by atoms with E-state index in [1.807, 2.05) is 0 Å². The molecule has 1 aliphatic heterocycles. The molecule has 1 saturated heterocycles. The third kappa shape index (κ3) is 2.94. The highest BCUT2D eigenvalue weighted by Gasteiger charge is 2.34. The predicted molar refractivity (Wildman–Crippen MR) is 82.6 cm³/mol. The van der Waals surface area contributed by atoms with Crippen molar-refractivity contribution in [2.24, 2.45) is 7.05 Å². The first kappa shape index (κ1) is 15.2. The first-order valence-corrected chi connectivity index (χ1v) is 7.33. The van der Waals surface area contributed by atoms with Gasteiger partial charge in [0.15, 0.2) is 0 Å². The summed E-state index contributed by atoms with van der Waals surface area (Å²) in [6.45, 7) is 2.12. The first-order valence-electron chi connectivity index (χ1n) is 7.33. The fraction of sp³-hybridized carbons (Fsp3) is 0.312. The Kier molecular flexibility index (Phi) is 3.85. The molecule has 0 spiro atoms. The van der Waals surface area contributed by atoms with Gasteiger partial charge >= 0.3 is 0 Å². The fourth-order valence-electron chi connectivity index (χ4n) is 2.65. The van der Waals surface area contributed by atoms with Gasteiger partial charge < -0.3 is 10.2 Å². The minimum absolute atomic E-state index is 0.162. The summed E-state index contributed by atoms with van der Waals surface area (Å²) in [7, 11) is 1.78. The number of benzene rings is 1. The molecule has 0 bridgehead atoms. The number of aromatic nitrogens is 2. The van der Waals surface area contributed by atoms with Gasteiger partial charge in [-0.3, -0.25) is 14.3 Å². The molecule has 120 valence electrons. The number of rotatable bonds is 3. The molecular formula is C16H17FN4O2. The lowest BCUT2D eigenvalue weighted by Crippen LogP contribution is -2.41. The van der Waals surface area contributed by atoms with Gasteiger partial charge in [-0.2, -0.15) is 5.10 Å². The molecule has 23 heavy (non-hydrogen) atoms. The van der Waals surface area contributed by atoms with Crippen LogP contribution in [0.15, 0.2) is 30.6 Å². The summed E-state index contributed by atoms with van der Waals surface area (Å²) in [6, 6.07) is 3.56. The van der Waals surface area contributed by atoms with Gasteiger partial charge in [0.1, 0.15) is 11.9 Å². The van der Waals surface area contributed by atoms with Gasteiger partial charge in [-0.05, 0) is 37.1 Å². The molecule has 2 heterocycles.